The van der Waals surface area contributed by atoms with E-state index in [0.29, 0.717) is 74.3 Å². The van der Waals surface area contributed by atoms with Gasteiger partial charge in [-0.05, 0) is 87.9 Å². The number of quaternary nitrogens is 1. The van der Waals surface area contributed by atoms with Crippen LogP contribution in [0.1, 0.15) is 58.6 Å². The Kier molecular flexibility index (Phi) is 29.1. The molecule has 366 valence electrons. The van der Waals surface area contributed by atoms with Crippen LogP contribution in [0, 0.1) is 0 Å². The summed E-state index contributed by atoms with van der Waals surface area (Å²) in [5, 5.41) is 27.9. The largest absolute Gasteiger partial charge is 1.00 e. The minimum atomic E-state index is -5.15. The third-order valence-corrected chi connectivity index (χ3v) is 17.4. The number of rotatable bonds is 17. The van der Waals surface area contributed by atoms with Crippen LogP contribution >= 0.6 is 24.1 Å². The van der Waals surface area contributed by atoms with Gasteiger partial charge in [-0.1, -0.05) is 29.9 Å². The van der Waals surface area contributed by atoms with Crippen molar-refractivity contribution in [3.05, 3.63) is 107 Å². The van der Waals surface area contributed by atoms with Crippen molar-refractivity contribution in [1.29, 1.82) is 0 Å². The van der Waals surface area contributed by atoms with E-state index in [1.165, 1.54) is 12.1 Å². The van der Waals surface area contributed by atoms with Gasteiger partial charge in [-0.2, -0.15) is 13.2 Å². The zero-order chi connectivity index (χ0) is 50.0. The molecule has 73 heavy (non-hydrogen) atoms. The topological polar surface area (TPSA) is 315 Å². The maximum absolute atomic E-state index is 12.9. The Labute approximate surface area is 645 Å². The monoisotopic (exact) mass is 1250 g/mol. The normalized spacial score (nSPS) is 19.8. The summed E-state index contributed by atoms with van der Waals surface area (Å²) in [4.78, 5) is -1.13. The van der Waals surface area contributed by atoms with Gasteiger partial charge in [0.1, 0.15) is 38.2 Å². The average Bonchev–Trinajstić information content (AvgIpc) is 3.56. The molecular formula is C42H40K5N2O18S6+. The van der Waals surface area contributed by atoms with Crippen LogP contribution in [-0.4, -0.2) is 86.4 Å². The van der Waals surface area contributed by atoms with Crippen molar-refractivity contribution in [3.63, 3.8) is 0 Å². The predicted octanol–water partition coefficient (Wildman–Crippen LogP) is -10.9. The number of hydrogen-bond acceptors (Lipinski definition) is 20. The number of allylic oxidation sites excluding steroid dienone is 8. The van der Waals surface area contributed by atoms with Crippen molar-refractivity contribution in [2.75, 3.05) is 18.8 Å². The second-order valence-electron chi connectivity index (χ2n) is 17.2. The fraction of sp³-hybridized carbons (Fsp3) is 0.310. The van der Waals surface area contributed by atoms with Gasteiger partial charge >= 0.3 is 257 Å². The van der Waals surface area contributed by atoms with Gasteiger partial charge in [-0.15, -0.1) is 0 Å². The minimum absolute atomic E-state index is 0. The van der Waals surface area contributed by atoms with Gasteiger partial charge in [0.05, 0.1) is 67.8 Å². The molecule has 0 bridgehead atoms. The standard InChI is InChI=1S/C42H44N2O18S6.5K/c1-25(9-6-11-34-41(2,3)39-30(43(34)18-8-20-65(47,48)49)15-13-26-21-28(63-61-59-45)23-33(38(26)39)67(53,54)55)10-7-12-35-42(4,5)40-31(44(35)19-17-36(44)68(56,57)58)16-14-27-22-29(66(50,51)52)24-32(37(27)40)64-62-60-46;;;;;/h6-7,9-16,21-24,36H,8,17-20H2,1-5H3,(H4-2,45,46,47,48,49,50,51,52,53,54,55,56,57,58);;;;;/q;5*+1/p-4/b10-7?,11-6?,25-9?,35-12+;;;;;. The average molecular weight is 1250 g/mol. The second-order valence-corrected chi connectivity index (χ2v) is 24.5. The Balaban J connectivity index is 0.00000365. The van der Waals surface area contributed by atoms with Gasteiger partial charge in [0.15, 0.2) is 21.2 Å². The zero-order valence-electron chi connectivity index (χ0n) is 41.4. The number of hydrogen-bond donors (Lipinski definition) is 0. The summed E-state index contributed by atoms with van der Waals surface area (Å²) in [7, 11) is -19.7. The van der Waals surface area contributed by atoms with Crippen molar-refractivity contribution < 1.29 is 343 Å². The van der Waals surface area contributed by atoms with Gasteiger partial charge in [0.25, 0.3) is 0 Å². The summed E-state index contributed by atoms with van der Waals surface area (Å²) < 4.78 is 158. The zero-order valence-corrected chi connectivity index (χ0v) is 61.9. The molecule has 2 unspecified atom stereocenters. The van der Waals surface area contributed by atoms with Gasteiger partial charge in [-0.3, -0.25) is 10.1 Å². The van der Waals surface area contributed by atoms with Gasteiger partial charge in [0.2, 0.25) is 5.69 Å². The van der Waals surface area contributed by atoms with E-state index in [1.807, 2.05) is 0 Å². The molecule has 0 radical (unpaired) electrons. The molecular weight excluding hydrogens is 1210 g/mol. The third kappa shape index (κ3) is 15.8. The Morgan fingerprint density at radius 1 is 0.767 bits per heavy atom. The molecule has 2 atom stereocenters. The van der Waals surface area contributed by atoms with Gasteiger partial charge < -0.3 is 28.7 Å². The van der Waals surface area contributed by atoms with E-state index >= 15 is 0 Å². The van der Waals surface area contributed by atoms with E-state index in [4.69, 9.17) is 0 Å². The van der Waals surface area contributed by atoms with Crippen molar-refractivity contribution in [2.45, 2.75) is 83.2 Å². The van der Waals surface area contributed by atoms with E-state index in [1.54, 1.807) is 93.8 Å². The third-order valence-electron chi connectivity index (χ3n) is 12.5. The van der Waals surface area contributed by atoms with Crippen LogP contribution in [0.4, 0.5) is 11.4 Å². The van der Waals surface area contributed by atoms with Crippen LogP contribution in [0.3, 0.4) is 0 Å². The molecule has 3 aliphatic heterocycles. The molecule has 1 saturated heterocycles. The Morgan fingerprint density at radius 2 is 1.38 bits per heavy atom. The molecule has 3 aliphatic rings. The Hall–Kier alpha value is 4.27. The molecule has 0 saturated carbocycles. The van der Waals surface area contributed by atoms with Gasteiger partial charge in [0, 0.05) is 62.1 Å². The van der Waals surface area contributed by atoms with Crippen LogP contribution in [0.25, 0.3) is 21.5 Å². The second kappa shape index (κ2) is 28.9. The van der Waals surface area contributed by atoms with E-state index in [-0.39, 0.29) is 308 Å². The fourth-order valence-corrected chi connectivity index (χ4v) is 13.9. The quantitative estimate of drug-likeness (QED) is 0.0139. The first-order valence-electron chi connectivity index (χ1n) is 20.2. The van der Waals surface area contributed by atoms with Crippen LogP contribution < -0.4 is 272 Å². The van der Waals surface area contributed by atoms with Crippen molar-refractivity contribution in [1.82, 2.24) is 4.48 Å². The fourth-order valence-electron chi connectivity index (χ4n) is 9.84. The molecule has 31 heteroatoms. The van der Waals surface area contributed by atoms with E-state index in [9.17, 15) is 62.4 Å². The Bertz CT molecular complexity index is 3410. The maximum atomic E-state index is 12.9. The van der Waals surface area contributed by atoms with Crippen LogP contribution in [0.5, 0.6) is 0 Å². The molecule has 4 aromatic rings. The maximum Gasteiger partial charge on any atom is 1.00 e. The molecule has 1 spiro atoms. The molecule has 4 aromatic carbocycles. The predicted molar refractivity (Wildman–Crippen MR) is 240 cm³/mol. The molecule has 20 nitrogen and oxygen atoms in total. The summed E-state index contributed by atoms with van der Waals surface area (Å²) in [6.07, 6.45) is 10.1. The molecule has 7 rings (SSSR count). The first-order valence-corrected chi connectivity index (χ1v) is 27.5. The SMILES string of the molecule is CC(C=C/C=C1\C(C)(C)c2c(ccc3cc(S(=O)(=O)[O-])cc(SOO[O-])c23)[N+]12CCC2S(=O)(=O)[O-])=CC=CC1=[N+](CCCS(=O)(=O)[O-])c2ccc3cc(SOO[O-])cc(S(=O)(=O)[O-])c3c2C1(C)C.[K+].[K+].[K+].[K+].[K+]. The van der Waals surface area contributed by atoms with Crippen molar-refractivity contribution in [2.24, 2.45) is 0 Å². The Morgan fingerprint density at radius 3 is 1.95 bits per heavy atom. The van der Waals surface area contributed by atoms with E-state index in [2.05, 4.69) is 18.7 Å². The molecule has 0 aliphatic carbocycles. The molecule has 1 fully saturated rings. The van der Waals surface area contributed by atoms with E-state index in [0.717, 1.165) is 18.2 Å². The summed E-state index contributed by atoms with van der Waals surface area (Å²) in [5.74, 6) is -0.692. The molecule has 0 aromatic heterocycles. The van der Waals surface area contributed by atoms with Crippen LogP contribution in [-0.2, 0) is 70.0 Å². The summed E-state index contributed by atoms with van der Waals surface area (Å²) >= 11 is 0.754. The molecule has 0 N–H and O–H groups in total. The molecule has 3 heterocycles. The van der Waals surface area contributed by atoms with Crippen LogP contribution in [0.2, 0.25) is 0 Å². The summed E-state index contributed by atoms with van der Waals surface area (Å²) in [6, 6.07) is 11.0. The minimum Gasteiger partial charge on any atom is -0.748 e. The van der Waals surface area contributed by atoms with Crippen molar-refractivity contribution in [3.8, 4) is 0 Å². The van der Waals surface area contributed by atoms with E-state index < -0.39 is 72.2 Å². The smallest absolute Gasteiger partial charge is 0.748 e. The van der Waals surface area contributed by atoms with Crippen LogP contribution in [0.15, 0.2) is 116 Å². The first-order chi connectivity index (χ1) is 31.6. The first kappa shape index (κ1) is 73.4. The number of benzene rings is 4. The summed E-state index contributed by atoms with van der Waals surface area (Å²) in [5.41, 5.74) is 1.36. The number of nitrogens with zero attached hydrogens (tertiary/aromatic N) is 2. The molecule has 0 amide bonds. The van der Waals surface area contributed by atoms with Crippen molar-refractivity contribution >= 4 is 103 Å². The number of fused-ring (bicyclic) bond motifs is 7. The van der Waals surface area contributed by atoms with Gasteiger partial charge in [-0.25, -0.2) is 38.2 Å². The summed E-state index contributed by atoms with van der Waals surface area (Å²) in [6.45, 7) is 9.11.